The van der Waals surface area contributed by atoms with Gasteiger partial charge in [-0.05, 0) is 34.1 Å². The molecule has 16 heavy (non-hydrogen) atoms. The Morgan fingerprint density at radius 1 is 1.19 bits per heavy atom. The van der Waals surface area contributed by atoms with Gasteiger partial charge in [-0.2, -0.15) is 0 Å². The highest BCUT2D eigenvalue weighted by atomic mass is 79.9. The Morgan fingerprint density at radius 3 is 2.69 bits per heavy atom. The molecule has 1 aromatic rings. The average molecular weight is 353 g/mol. The summed E-state index contributed by atoms with van der Waals surface area (Å²) in [5, 5.41) is 3.28. The fourth-order valence-corrected chi connectivity index (χ4v) is 2.32. The van der Waals surface area contributed by atoms with Gasteiger partial charge in [-0.15, -0.1) is 0 Å². The highest BCUT2D eigenvalue weighted by Gasteiger charge is 1.99. The van der Waals surface area contributed by atoms with E-state index in [1.54, 1.807) is 7.11 Å². The van der Waals surface area contributed by atoms with Gasteiger partial charge in [0.05, 0.1) is 19.8 Å². The van der Waals surface area contributed by atoms with Crippen LogP contribution in [-0.2, 0) is 9.47 Å². The molecule has 0 aromatic heterocycles. The predicted molar refractivity (Wildman–Crippen MR) is 73.0 cm³/mol. The minimum atomic E-state index is 0.639. The van der Waals surface area contributed by atoms with Crippen molar-refractivity contribution in [2.45, 2.75) is 0 Å². The van der Waals surface area contributed by atoms with E-state index in [-0.39, 0.29) is 0 Å². The molecule has 1 N–H and O–H groups in total. The van der Waals surface area contributed by atoms with Crippen molar-refractivity contribution in [2.24, 2.45) is 0 Å². The number of rotatable bonds is 7. The molecular weight excluding hydrogens is 338 g/mol. The summed E-state index contributed by atoms with van der Waals surface area (Å²) in [6.07, 6.45) is 0. The molecule has 0 aliphatic rings. The third-order valence-corrected chi connectivity index (χ3v) is 3.07. The molecule has 0 heterocycles. The molecule has 0 saturated carbocycles. The van der Waals surface area contributed by atoms with Crippen LogP contribution >= 0.6 is 31.9 Å². The fourth-order valence-electron chi connectivity index (χ4n) is 1.14. The Morgan fingerprint density at radius 2 is 2.00 bits per heavy atom. The molecule has 0 radical (unpaired) electrons. The minimum absolute atomic E-state index is 0.639. The lowest BCUT2D eigenvalue weighted by atomic mass is 10.3. The van der Waals surface area contributed by atoms with Gasteiger partial charge in [0.15, 0.2) is 0 Å². The van der Waals surface area contributed by atoms with Crippen molar-refractivity contribution in [1.82, 2.24) is 0 Å². The van der Waals surface area contributed by atoms with Gasteiger partial charge in [0.25, 0.3) is 0 Å². The van der Waals surface area contributed by atoms with Crippen LogP contribution in [0.5, 0.6) is 0 Å². The van der Waals surface area contributed by atoms with Crippen LogP contribution in [-0.4, -0.2) is 33.5 Å². The monoisotopic (exact) mass is 351 g/mol. The van der Waals surface area contributed by atoms with Crippen molar-refractivity contribution in [2.75, 3.05) is 38.8 Å². The van der Waals surface area contributed by atoms with E-state index in [4.69, 9.17) is 9.47 Å². The number of anilines is 1. The molecule has 1 aromatic carbocycles. The molecular formula is C11H15Br2NO2. The van der Waals surface area contributed by atoms with E-state index >= 15 is 0 Å². The summed E-state index contributed by atoms with van der Waals surface area (Å²) in [4.78, 5) is 0. The van der Waals surface area contributed by atoms with Gasteiger partial charge in [0.1, 0.15) is 0 Å². The smallest absolute Gasteiger partial charge is 0.0701 e. The van der Waals surface area contributed by atoms with Crippen LogP contribution < -0.4 is 5.32 Å². The van der Waals surface area contributed by atoms with Crippen molar-refractivity contribution >= 4 is 37.5 Å². The number of halogens is 2. The van der Waals surface area contributed by atoms with Crippen molar-refractivity contribution in [3.8, 4) is 0 Å². The Labute approximate surface area is 113 Å². The molecule has 90 valence electrons. The molecule has 0 aliphatic heterocycles. The highest BCUT2D eigenvalue weighted by molar-refractivity contribution is 9.11. The third kappa shape index (κ3) is 5.30. The Kier molecular flexibility index (Phi) is 7.03. The molecule has 0 amide bonds. The zero-order valence-electron chi connectivity index (χ0n) is 9.13. The number of hydrogen-bond donors (Lipinski definition) is 1. The van der Waals surface area contributed by atoms with Gasteiger partial charge in [0, 0.05) is 28.3 Å². The van der Waals surface area contributed by atoms with E-state index in [1.807, 2.05) is 18.2 Å². The standard InChI is InChI=1S/C11H15Br2NO2/c1-15-6-7-16-5-4-14-11-3-2-9(12)8-10(11)13/h2-3,8,14H,4-7H2,1H3. The van der Waals surface area contributed by atoms with Crippen molar-refractivity contribution in [1.29, 1.82) is 0 Å². The number of hydrogen-bond acceptors (Lipinski definition) is 3. The quantitative estimate of drug-likeness (QED) is 0.764. The number of methoxy groups -OCH3 is 1. The van der Waals surface area contributed by atoms with Crippen LogP contribution in [0.1, 0.15) is 0 Å². The van der Waals surface area contributed by atoms with Crippen molar-refractivity contribution in [3.63, 3.8) is 0 Å². The lowest BCUT2D eigenvalue weighted by Gasteiger charge is -2.09. The van der Waals surface area contributed by atoms with Crippen LogP contribution in [0, 0.1) is 0 Å². The first kappa shape index (κ1) is 14.0. The number of nitrogens with one attached hydrogen (secondary N) is 1. The summed E-state index contributed by atoms with van der Waals surface area (Å²) >= 11 is 6.90. The van der Waals surface area contributed by atoms with Crippen LogP contribution in [0.2, 0.25) is 0 Å². The topological polar surface area (TPSA) is 30.5 Å². The van der Waals surface area contributed by atoms with Crippen LogP contribution in [0.15, 0.2) is 27.1 Å². The first-order chi connectivity index (χ1) is 7.74. The molecule has 0 bridgehead atoms. The second-order valence-corrected chi connectivity index (χ2v) is 4.93. The molecule has 0 atom stereocenters. The lowest BCUT2D eigenvalue weighted by molar-refractivity contribution is 0.0759. The van der Waals surface area contributed by atoms with Crippen molar-refractivity contribution < 1.29 is 9.47 Å². The van der Waals surface area contributed by atoms with E-state index in [2.05, 4.69) is 37.2 Å². The molecule has 1 rings (SSSR count). The highest BCUT2D eigenvalue weighted by Crippen LogP contribution is 2.25. The van der Waals surface area contributed by atoms with E-state index in [0.717, 1.165) is 21.2 Å². The Bertz CT molecular complexity index is 321. The molecule has 5 heteroatoms. The van der Waals surface area contributed by atoms with E-state index in [9.17, 15) is 0 Å². The first-order valence-electron chi connectivity index (χ1n) is 4.99. The Hall–Kier alpha value is -0.100. The molecule has 0 unspecified atom stereocenters. The average Bonchev–Trinajstić information content (AvgIpc) is 2.26. The van der Waals surface area contributed by atoms with Gasteiger partial charge in [-0.1, -0.05) is 15.9 Å². The Balaban J connectivity index is 2.21. The van der Waals surface area contributed by atoms with Gasteiger partial charge in [-0.25, -0.2) is 0 Å². The van der Waals surface area contributed by atoms with Crippen LogP contribution in [0.3, 0.4) is 0 Å². The van der Waals surface area contributed by atoms with E-state index in [1.165, 1.54) is 0 Å². The maximum absolute atomic E-state index is 5.35. The summed E-state index contributed by atoms with van der Waals surface area (Å²) in [6, 6.07) is 6.02. The summed E-state index contributed by atoms with van der Waals surface area (Å²) < 4.78 is 12.3. The zero-order valence-corrected chi connectivity index (χ0v) is 12.3. The van der Waals surface area contributed by atoms with Crippen molar-refractivity contribution in [3.05, 3.63) is 27.1 Å². The predicted octanol–water partition coefficient (Wildman–Crippen LogP) is 3.29. The summed E-state index contributed by atoms with van der Waals surface area (Å²) in [7, 11) is 1.67. The van der Waals surface area contributed by atoms with Gasteiger partial charge in [0.2, 0.25) is 0 Å². The molecule has 3 nitrogen and oxygen atoms in total. The van der Waals surface area contributed by atoms with Crippen LogP contribution in [0.25, 0.3) is 0 Å². The molecule has 0 aliphatic carbocycles. The SMILES string of the molecule is COCCOCCNc1ccc(Br)cc1Br. The summed E-state index contributed by atoms with van der Waals surface area (Å²) in [6.45, 7) is 2.73. The minimum Gasteiger partial charge on any atom is -0.382 e. The normalized spacial score (nSPS) is 10.4. The van der Waals surface area contributed by atoms with Crippen LogP contribution in [0.4, 0.5) is 5.69 Å². The van der Waals surface area contributed by atoms with E-state index in [0.29, 0.717) is 19.8 Å². The lowest BCUT2D eigenvalue weighted by Crippen LogP contribution is -2.12. The third-order valence-electron chi connectivity index (χ3n) is 1.92. The summed E-state index contributed by atoms with van der Waals surface area (Å²) in [5.41, 5.74) is 1.07. The van der Waals surface area contributed by atoms with Gasteiger partial charge < -0.3 is 14.8 Å². The summed E-state index contributed by atoms with van der Waals surface area (Å²) in [5.74, 6) is 0. The second kappa shape index (κ2) is 8.06. The second-order valence-electron chi connectivity index (χ2n) is 3.16. The maximum atomic E-state index is 5.35. The molecule has 0 fully saturated rings. The molecule has 0 saturated heterocycles. The zero-order chi connectivity index (χ0) is 11.8. The molecule has 0 spiro atoms. The fraction of sp³-hybridized carbons (Fsp3) is 0.455. The largest absolute Gasteiger partial charge is 0.382 e. The maximum Gasteiger partial charge on any atom is 0.0701 e. The van der Waals surface area contributed by atoms with Gasteiger partial charge >= 0.3 is 0 Å². The first-order valence-corrected chi connectivity index (χ1v) is 6.58. The van der Waals surface area contributed by atoms with Gasteiger partial charge in [-0.3, -0.25) is 0 Å². The number of ether oxygens (including phenoxy) is 2. The number of benzene rings is 1. The van der Waals surface area contributed by atoms with E-state index < -0.39 is 0 Å².